The van der Waals surface area contributed by atoms with Crippen molar-refractivity contribution in [2.45, 2.75) is 33.6 Å². The topological polar surface area (TPSA) is 50.4 Å². The van der Waals surface area contributed by atoms with E-state index in [1.54, 1.807) is 7.11 Å². The second kappa shape index (κ2) is 8.53. The molecule has 0 unspecified atom stereocenters. The number of ether oxygens (including phenoxy) is 1. The Labute approximate surface area is 99.1 Å². The van der Waals surface area contributed by atoms with Gasteiger partial charge in [-0.15, -0.1) is 0 Å². The van der Waals surface area contributed by atoms with Crippen LogP contribution in [0.1, 0.15) is 33.6 Å². The van der Waals surface area contributed by atoms with Gasteiger partial charge in [0.05, 0.1) is 6.54 Å². The molecule has 0 aromatic rings. The van der Waals surface area contributed by atoms with Gasteiger partial charge in [0.15, 0.2) is 0 Å². The van der Waals surface area contributed by atoms with Crippen LogP contribution in [-0.4, -0.2) is 39.3 Å². The molecule has 0 radical (unpaired) electrons. The quantitative estimate of drug-likeness (QED) is 0.585. The summed E-state index contributed by atoms with van der Waals surface area (Å²) in [6.07, 6.45) is 2.00. The molecule has 0 aliphatic rings. The molecule has 0 atom stereocenters. The highest BCUT2D eigenvalue weighted by Gasteiger charge is 2.18. The first-order chi connectivity index (χ1) is 7.52. The van der Waals surface area contributed by atoms with E-state index in [4.69, 9.17) is 4.74 Å². The third-order valence-electron chi connectivity index (χ3n) is 2.46. The summed E-state index contributed by atoms with van der Waals surface area (Å²) in [5.74, 6) is 0.0685. The van der Waals surface area contributed by atoms with Gasteiger partial charge >= 0.3 is 0 Å². The number of carbonyl (C=O) groups excluding carboxylic acids is 1. The van der Waals surface area contributed by atoms with Crippen molar-refractivity contribution >= 4 is 5.91 Å². The zero-order valence-electron chi connectivity index (χ0n) is 11.1. The van der Waals surface area contributed by atoms with E-state index in [0.717, 1.165) is 26.0 Å². The molecule has 4 nitrogen and oxygen atoms in total. The summed E-state index contributed by atoms with van der Waals surface area (Å²) in [5.41, 5.74) is 0.0937. The number of rotatable bonds is 9. The monoisotopic (exact) mass is 230 g/mol. The lowest BCUT2D eigenvalue weighted by Crippen LogP contribution is -2.39. The molecule has 0 saturated heterocycles. The summed E-state index contributed by atoms with van der Waals surface area (Å²) in [5, 5.41) is 6.01. The minimum absolute atomic E-state index is 0.0685. The standard InChI is InChI=1S/C12H26N2O2/c1-5-7-13-9-11(15)14-10-12(2,3)6-8-16-4/h13H,5-10H2,1-4H3,(H,14,15). The minimum atomic E-state index is 0.0685. The molecule has 0 heterocycles. The summed E-state index contributed by atoms with van der Waals surface area (Å²) in [7, 11) is 1.70. The van der Waals surface area contributed by atoms with Gasteiger partial charge in [-0.3, -0.25) is 4.79 Å². The van der Waals surface area contributed by atoms with Gasteiger partial charge in [-0.25, -0.2) is 0 Å². The SMILES string of the molecule is CCCNCC(=O)NCC(C)(C)CCOC. The van der Waals surface area contributed by atoms with Crippen LogP contribution < -0.4 is 10.6 Å². The van der Waals surface area contributed by atoms with Crippen LogP contribution in [0.15, 0.2) is 0 Å². The number of nitrogens with one attached hydrogen (secondary N) is 2. The van der Waals surface area contributed by atoms with Gasteiger partial charge in [0, 0.05) is 20.3 Å². The third kappa shape index (κ3) is 8.68. The number of carbonyl (C=O) groups is 1. The van der Waals surface area contributed by atoms with Gasteiger partial charge in [0.1, 0.15) is 0 Å². The Balaban J connectivity index is 3.64. The molecule has 0 aliphatic carbocycles. The van der Waals surface area contributed by atoms with Crippen LogP contribution in [0, 0.1) is 5.41 Å². The van der Waals surface area contributed by atoms with Gasteiger partial charge in [0.25, 0.3) is 0 Å². The first-order valence-electron chi connectivity index (χ1n) is 5.98. The maximum Gasteiger partial charge on any atom is 0.233 e. The molecule has 0 aromatic heterocycles. The molecule has 0 aromatic carbocycles. The minimum Gasteiger partial charge on any atom is -0.385 e. The van der Waals surface area contributed by atoms with Crippen LogP contribution in [0.2, 0.25) is 0 Å². The number of amides is 1. The van der Waals surface area contributed by atoms with Gasteiger partial charge < -0.3 is 15.4 Å². The highest BCUT2D eigenvalue weighted by molar-refractivity contribution is 5.77. The third-order valence-corrected chi connectivity index (χ3v) is 2.46. The molecule has 0 spiro atoms. The molecule has 16 heavy (non-hydrogen) atoms. The zero-order valence-corrected chi connectivity index (χ0v) is 11.1. The molecule has 2 N–H and O–H groups in total. The largest absolute Gasteiger partial charge is 0.385 e. The molecule has 0 aliphatic heterocycles. The van der Waals surface area contributed by atoms with E-state index in [1.165, 1.54) is 0 Å². The Morgan fingerprint density at radius 1 is 1.38 bits per heavy atom. The first kappa shape index (κ1) is 15.4. The van der Waals surface area contributed by atoms with Crippen molar-refractivity contribution in [3.63, 3.8) is 0 Å². The van der Waals surface area contributed by atoms with Gasteiger partial charge in [-0.05, 0) is 24.8 Å². The summed E-state index contributed by atoms with van der Waals surface area (Å²) in [6.45, 7) is 9.07. The second-order valence-electron chi connectivity index (χ2n) is 4.86. The van der Waals surface area contributed by atoms with Crippen molar-refractivity contribution in [2.24, 2.45) is 5.41 Å². The molecule has 1 amide bonds. The molecular weight excluding hydrogens is 204 g/mol. The summed E-state index contributed by atoms with van der Waals surface area (Å²) in [6, 6.07) is 0. The van der Waals surface area contributed by atoms with Gasteiger partial charge in [-0.1, -0.05) is 20.8 Å². The Hall–Kier alpha value is -0.610. The Morgan fingerprint density at radius 3 is 2.62 bits per heavy atom. The average molecular weight is 230 g/mol. The lowest BCUT2D eigenvalue weighted by Gasteiger charge is -2.24. The maximum absolute atomic E-state index is 11.4. The van der Waals surface area contributed by atoms with Crippen molar-refractivity contribution in [2.75, 3.05) is 33.4 Å². The molecule has 0 saturated carbocycles. The van der Waals surface area contributed by atoms with Crippen LogP contribution in [0.5, 0.6) is 0 Å². The molecule has 0 rings (SSSR count). The second-order valence-corrected chi connectivity index (χ2v) is 4.86. The van der Waals surface area contributed by atoms with E-state index in [1.807, 2.05) is 0 Å². The smallest absolute Gasteiger partial charge is 0.233 e. The highest BCUT2D eigenvalue weighted by Crippen LogP contribution is 2.18. The predicted molar refractivity (Wildman–Crippen MR) is 66.4 cm³/mol. The molecule has 96 valence electrons. The summed E-state index contributed by atoms with van der Waals surface area (Å²) in [4.78, 5) is 11.4. The van der Waals surface area contributed by atoms with Crippen LogP contribution in [0.25, 0.3) is 0 Å². The summed E-state index contributed by atoms with van der Waals surface area (Å²) >= 11 is 0. The number of methoxy groups -OCH3 is 1. The van der Waals surface area contributed by atoms with Crippen molar-refractivity contribution < 1.29 is 9.53 Å². The van der Waals surface area contributed by atoms with Crippen LogP contribution in [0.4, 0.5) is 0 Å². The van der Waals surface area contributed by atoms with E-state index in [2.05, 4.69) is 31.4 Å². The first-order valence-corrected chi connectivity index (χ1v) is 5.98. The Morgan fingerprint density at radius 2 is 2.06 bits per heavy atom. The fourth-order valence-corrected chi connectivity index (χ4v) is 1.25. The Kier molecular flexibility index (Phi) is 8.21. The predicted octanol–water partition coefficient (Wildman–Crippen LogP) is 1.16. The van der Waals surface area contributed by atoms with Crippen molar-refractivity contribution in [1.82, 2.24) is 10.6 Å². The van der Waals surface area contributed by atoms with Crippen LogP contribution >= 0.6 is 0 Å². The van der Waals surface area contributed by atoms with Crippen molar-refractivity contribution in [3.05, 3.63) is 0 Å². The molecule has 0 fully saturated rings. The van der Waals surface area contributed by atoms with Crippen LogP contribution in [0.3, 0.4) is 0 Å². The fraction of sp³-hybridized carbons (Fsp3) is 0.917. The maximum atomic E-state index is 11.4. The van der Waals surface area contributed by atoms with Gasteiger partial charge in [0.2, 0.25) is 5.91 Å². The van der Waals surface area contributed by atoms with Gasteiger partial charge in [-0.2, -0.15) is 0 Å². The van der Waals surface area contributed by atoms with Crippen molar-refractivity contribution in [3.8, 4) is 0 Å². The lowest BCUT2D eigenvalue weighted by molar-refractivity contribution is -0.120. The van der Waals surface area contributed by atoms with E-state index in [-0.39, 0.29) is 11.3 Å². The highest BCUT2D eigenvalue weighted by atomic mass is 16.5. The normalized spacial score (nSPS) is 11.5. The fourth-order valence-electron chi connectivity index (χ4n) is 1.25. The lowest BCUT2D eigenvalue weighted by atomic mass is 9.90. The van der Waals surface area contributed by atoms with E-state index in [0.29, 0.717) is 13.1 Å². The van der Waals surface area contributed by atoms with E-state index >= 15 is 0 Å². The Bertz CT molecular complexity index is 193. The number of hydrogen-bond acceptors (Lipinski definition) is 3. The molecule has 0 bridgehead atoms. The van der Waals surface area contributed by atoms with Crippen LogP contribution in [-0.2, 0) is 9.53 Å². The van der Waals surface area contributed by atoms with E-state index in [9.17, 15) is 4.79 Å². The zero-order chi connectivity index (χ0) is 12.4. The number of hydrogen-bond donors (Lipinski definition) is 2. The summed E-state index contributed by atoms with van der Waals surface area (Å²) < 4.78 is 5.04. The molecule has 4 heteroatoms. The van der Waals surface area contributed by atoms with Crippen molar-refractivity contribution in [1.29, 1.82) is 0 Å². The molecular formula is C12H26N2O2. The van der Waals surface area contributed by atoms with E-state index < -0.39 is 0 Å². The average Bonchev–Trinajstić information content (AvgIpc) is 2.24.